The fourth-order valence-corrected chi connectivity index (χ4v) is 8.36. The first-order valence-electron chi connectivity index (χ1n) is 19.5. The van der Waals surface area contributed by atoms with Gasteiger partial charge in [-0.2, -0.15) is 0 Å². The van der Waals surface area contributed by atoms with Crippen LogP contribution in [0.1, 0.15) is 123 Å². The number of aliphatic hydroxyl groups excluding tert-OH is 1. The number of Topliss-reactive ketones (excluding diaryl/α,β-unsaturated/α-hetero) is 1. The van der Waals surface area contributed by atoms with E-state index in [0.717, 1.165) is 67.9 Å². The Morgan fingerprint density at radius 3 is 1.32 bits per heavy atom. The predicted molar refractivity (Wildman–Crippen MR) is 274 cm³/mol. The number of carboxylic acids is 2. The molecule has 0 spiro atoms. The number of aromatic carboxylic acids is 1. The summed E-state index contributed by atoms with van der Waals surface area (Å²) in [5.41, 5.74) is 7.72. The van der Waals surface area contributed by atoms with Crippen molar-refractivity contribution in [1.82, 2.24) is 29.1 Å². The van der Waals surface area contributed by atoms with Crippen LogP contribution in [0.2, 0.25) is 0 Å². The summed E-state index contributed by atoms with van der Waals surface area (Å²) in [4.78, 5) is 50.2. The number of carboxylic acid groups (broad SMARTS) is 2. The molecule has 2 aliphatic carbocycles. The van der Waals surface area contributed by atoms with E-state index in [2.05, 4.69) is 99.7 Å². The molecule has 4 aromatic heterocycles. The van der Waals surface area contributed by atoms with Gasteiger partial charge in [-0.05, 0) is 126 Å². The average Bonchev–Trinajstić information content (AvgIpc) is 4.03. The molecule has 0 aliphatic heterocycles. The van der Waals surface area contributed by atoms with Gasteiger partial charge in [-0.1, -0.05) is 43.9 Å². The molecule has 0 atom stereocenters. The summed E-state index contributed by atoms with van der Waals surface area (Å²) in [5.74, 6) is 0.531. The van der Waals surface area contributed by atoms with Crippen molar-refractivity contribution in [2.45, 2.75) is 97.0 Å². The van der Waals surface area contributed by atoms with Crippen molar-refractivity contribution in [2.75, 3.05) is 0 Å². The molecule has 2 aromatic carbocycles. The standard InChI is InChI=1S/C20H20BrN3O.C19H18BrN3O2.C3H8O.C2H4O2.I2.HI.Na/c1-12(25)14-7-8-16-17(9-14)24(2)19(18(16)13-5-3-4-6-13)20-22-10-15(21)11-23-20;1-23-15-8-12(19(24)25)6-7-14(15)16(11-4-2-3-5-11)17(23)18-21-9-13(20)10-22-18;1-3(2)4;1-2(3)4;1-2;;/h7-11,13H,3-6H2,1-2H3;6-11H,2-5H2,1H3,(H,24,25);3-4H,1-2H3;1H3,(H,3,4);;1H;/q;;;;;;+1/p-1. The number of aromatic nitrogens is 6. The summed E-state index contributed by atoms with van der Waals surface area (Å²) >= 11 is 11.0. The number of hydrogen-bond donors (Lipinski definition) is 2. The van der Waals surface area contributed by atoms with E-state index >= 15 is 0 Å². The van der Waals surface area contributed by atoms with Crippen molar-refractivity contribution in [3.05, 3.63) is 92.4 Å². The smallest absolute Gasteiger partial charge is 0.550 e. The van der Waals surface area contributed by atoms with Crippen molar-refractivity contribution < 1.29 is 59.3 Å². The molecule has 6 aromatic rings. The van der Waals surface area contributed by atoms with E-state index < -0.39 is 11.9 Å². The maximum absolute atomic E-state index is 11.8. The Balaban J connectivity index is 0.000000343. The van der Waals surface area contributed by atoms with Crippen LogP contribution in [0.3, 0.4) is 0 Å². The molecule has 0 amide bonds. The van der Waals surface area contributed by atoms with Crippen LogP contribution in [0.4, 0.5) is 0 Å². The Morgan fingerprint density at radius 1 is 0.710 bits per heavy atom. The fourth-order valence-electron chi connectivity index (χ4n) is 7.95. The van der Waals surface area contributed by atoms with Gasteiger partial charge in [-0.25, -0.2) is 24.7 Å². The van der Waals surface area contributed by atoms with Crippen LogP contribution < -0.4 is 34.7 Å². The van der Waals surface area contributed by atoms with E-state index in [1.165, 1.54) is 55.0 Å². The summed E-state index contributed by atoms with van der Waals surface area (Å²) < 4.78 is 5.90. The van der Waals surface area contributed by atoms with E-state index in [1.54, 1.807) is 57.7 Å². The number of hydrogen-bond acceptors (Lipinski definition) is 9. The number of aryl methyl sites for hydroxylation is 2. The Bertz CT molecular complexity index is 2250. The zero-order chi connectivity index (χ0) is 44.3. The molecule has 2 fully saturated rings. The quantitative estimate of drug-likeness (QED) is 0.0934. The molecular formula is C44H50Br2I3N6NaO6. The van der Waals surface area contributed by atoms with Crippen molar-refractivity contribution in [2.24, 2.45) is 14.1 Å². The maximum atomic E-state index is 11.8. The van der Waals surface area contributed by atoms with Crippen LogP contribution in [0.25, 0.3) is 44.8 Å². The third-order valence-electron chi connectivity index (χ3n) is 10.3. The van der Waals surface area contributed by atoms with Gasteiger partial charge in [0.2, 0.25) is 0 Å². The minimum absolute atomic E-state index is 0. The third kappa shape index (κ3) is 14.7. The Kier molecular flexibility index (Phi) is 24.7. The zero-order valence-corrected chi connectivity index (χ0v) is 47.6. The van der Waals surface area contributed by atoms with Crippen LogP contribution in [-0.2, 0) is 18.9 Å². The van der Waals surface area contributed by atoms with Gasteiger partial charge in [0.25, 0.3) is 0 Å². The molecule has 18 heteroatoms. The largest absolute Gasteiger partial charge is 1.00 e. The zero-order valence-electron chi connectivity index (χ0n) is 35.8. The second-order valence-corrected chi connectivity index (χ2v) is 16.8. The number of fused-ring (bicyclic) bond motifs is 2. The van der Waals surface area contributed by atoms with Gasteiger partial charge in [0.1, 0.15) is 0 Å². The van der Waals surface area contributed by atoms with Crippen molar-refractivity contribution in [3.8, 4) is 23.0 Å². The molecule has 2 saturated carbocycles. The van der Waals surface area contributed by atoms with Gasteiger partial charge in [-0.15, -0.1) is 24.0 Å². The first-order chi connectivity index (χ1) is 28.6. The van der Waals surface area contributed by atoms with Crippen LogP contribution in [0.5, 0.6) is 0 Å². The number of aliphatic hydroxyl groups is 1. The Labute approximate surface area is 442 Å². The van der Waals surface area contributed by atoms with Crippen LogP contribution in [-0.4, -0.2) is 63.1 Å². The van der Waals surface area contributed by atoms with E-state index in [4.69, 9.17) is 15.0 Å². The number of ketones is 1. The van der Waals surface area contributed by atoms with Crippen LogP contribution in [0.15, 0.2) is 70.1 Å². The van der Waals surface area contributed by atoms with Crippen LogP contribution in [0, 0.1) is 0 Å². The monoisotopic (exact) mass is 1320 g/mol. The molecule has 2 aliphatic rings. The molecule has 0 bridgehead atoms. The number of rotatable bonds is 6. The third-order valence-corrected chi connectivity index (χ3v) is 11.1. The number of aliphatic carboxylic acids is 1. The number of carbonyl (C=O) groups excluding carboxylic acids is 2. The summed E-state index contributed by atoms with van der Waals surface area (Å²) in [6.07, 6.45) is 16.6. The SMILES string of the molecule is CC(=O)[O-].CC(=O)c1ccc2c(C3CCCC3)c(-c3ncc(Br)cn3)n(C)c2c1.CC(C)O.Cn1c(-c2ncc(Br)cn2)c(C2CCCC2)c2ccc(C(=O)O)cc21.I.II.[Na+]. The number of carbonyl (C=O) groups is 3. The first-order valence-corrected chi connectivity index (χ1v) is 27.4. The number of nitrogens with zero attached hydrogens (tertiary/aromatic N) is 6. The molecule has 0 saturated heterocycles. The average molecular weight is 1320 g/mol. The second kappa shape index (κ2) is 27.1. The summed E-state index contributed by atoms with van der Waals surface area (Å²) in [7, 11) is 4.01. The molecule has 8 rings (SSSR count). The van der Waals surface area contributed by atoms with Gasteiger partial charge >= 0.3 is 35.5 Å². The molecule has 12 nitrogen and oxygen atoms in total. The second-order valence-electron chi connectivity index (χ2n) is 15.0. The van der Waals surface area contributed by atoms with Gasteiger partial charge in [0, 0.05) is 116 Å². The Morgan fingerprint density at radius 2 is 1.02 bits per heavy atom. The van der Waals surface area contributed by atoms with Crippen LogP contribution >= 0.6 is 93.1 Å². The molecule has 4 heterocycles. The van der Waals surface area contributed by atoms with Gasteiger partial charge in [0.15, 0.2) is 17.4 Å². The minimum Gasteiger partial charge on any atom is -0.550 e. The van der Waals surface area contributed by atoms with Crippen molar-refractivity contribution in [1.29, 1.82) is 0 Å². The Hall–Kier alpha value is -1.60. The van der Waals surface area contributed by atoms with E-state index in [9.17, 15) is 14.7 Å². The van der Waals surface area contributed by atoms with Gasteiger partial charge in [0.05, 0.1) is 25.9 Å². The predicted octanol–water partition coefficient (Wildman–Crippen LogP) is 8.55. The topological polar surface area (TPSA) is 176 Å². The molecule has 0 unspecified atom stereocenters. The first kappa shape index (κ1) is 56.5. The summed E-state index contributed by atoms with van der Waals surface area (Å²) in [5, 5.41) is 28.6. The molecule has 0 radical (unpaired) electrons. The van der Waals surface area contributed by atoms with Crippen molar-refractivity contribution >= 4 is 133 Å². The van der Waals surface area contributed by atoms with Gasteiger partial charge in [-0.3, -0.25) is 4.79 Å². The number of benzene rings is 2. The molecular weight excluding hydrogens is 1270 g/mol. The van der Waals surface area contributed by atoms with Gasteiger partial charge < -0.3 is 29.2 Å². The fraction of sp³-hybridized carbons (Fsp3) is 0.386. The van der Waals surface area contributed by atoms with E-state index in [-0.39, 0.29) is 65.4 Å². The summed E-state index contributed by atoms with van der Waals surface area (Å²) in [6, 6.07) is 11.4. The normalized spacial score (nSPS) is 13.3. The minimum atomic E-state index is -1.08. The summed E-state index contributed by atoms with van der Waals surface area (Å²) in [6.45, 7) is 6.03. The maximum Gasteiger partial charge on any atom is 1.00 e. The molecule has 328 valence electrons. The molecule has 2 N–H and O–H groups in total. The number of halogens is 5. The van der Waals surface area contributed by atoms with E-state index in [0.29, 0.717) is 23.2 Å². The molecule has 62 heavy (non-hydrogen) atoms. The van der Waals surface area contributed by atoms with E-state index in [1.807, 2.05) is 36.9 Å². The van der Waals surface area contributed by atoms with Crippen molar-refractivity contribution in [3.63, 3.8) is 0 Å².